The van der Waals surface area contributed by atoms with Crippen LogP contribution in [0.4, 0.5) is 0 Å². The number of thioether (sulfide) groups is 5. The molecule has 11 heteroatoms. The van der Waals surface area contributed by atoms with E-state index in [0.29, 0.717) is 72.5 Å². The molecule has 0 aromatic rings. The van der Waals surface area contributed by atoms with Crippen LogP contribution in [0.15, 0.2) is 89.7 Å². The van der Waals surface area contributed by atoms with Gasteiger partial charge in [-0.2, -0.15) is 0 Å². The molecule has 0 aromatic carbocycles. The highest BCUT2D eigenvalue weighted by Crippen LogP contribution is 2.93. The van der Waals surface area contributed by atoms with Crippen molar-refractivity contribution in [1.82, 2.24) is 0 Å². The van der Waals surface area contributed by atoms with Crippen LogP contribution in [-0.4, -0.2) is 91.7 Å². The average Bonchev–Trinajstić information content (AvgIpc) is 4.18. The summed E-state index contributed by atoms with van der Waals surface area (Å²) in [4.78, 5) is 40.3. The maximum atomic E-state index is 13.4. The van der Waals surface area contributed by atoms with E-state index in [2.05, 4.69) is 78.7 Å². The summed E-state index contributed by atoms with van der Waals surface area (Å²) in [6.45, 7) is 4.86. The Bertz CT molecular complexity index is 2860. The fourth-order valence-electron chi connectivity index (χ4n) is 20.8. The number of allylic oxidation sites excluding steroid dienone is 2. The normalized spacial score (nSPS) is 44.8. The molecule has 0 bridgehead atoms. The number of rotatable bonds is 18. The van der Waals surface area contributed by atoms with E-state index in [9.17, 15) is 14.4 Å². The molecule has 0 N–H and O–H groups in total. The molecule has 16 rings (SSSR count). The van der Waals surface area contributed by atoms with E-state index in [0.717, 1.165) is 35.2 Å². The van der Waals surface area contributed by atoms with Crippen molar-refractivity contribution in [3.63, 3.8) is 0 Å². The number of methoxy groups -OCH3 is 3. The minimum atomic E-state index is -0.342. The van der Waals surface area contributed by atoms with Crippen molar-refractivity contribution in [3.8, 4) is 0 Å². The summed E-state index contributed by atoms with van der Waals surface area (Å²) < 4.78 is 15.2. The first-order valence-electron chi connectivity index (χ1n) is 27.1. The Kier molecular flexibility index (Phi) is 8.99. The molecular weight excluding hydrogens is 953 g/mol. The summed E-state index contributed by atoms with van der Waals surface area (Å²) in [6.07, 6.45) is 17.8. The Labute approximate surface area is 428 Å². The molecule has 0 heterocycles. The highest BCUT2D eigenvalue weighted by Gasteiger charge is 2.87. The SMILES string of the molecule is CCCS[C@@]12C3=C4[C@H]5C6=C3[C@@]3(SCCC(=O)OC)C7=C1C1CC=C7C7CCC8C(=C73)[C@@]6(SCCC(=O)OC)C3=C6C(CCC38)C3CCC7C(=C3[C@]65SCCC(=O)OC)[C@@]4(SCCC)C3=C2C1CCC37. The Hall–Kier alpha value is -1.92. The predicted molar refractivity (Wildman–Crippen MR) is 280 cm³/mol. The van der Waals surface area contributed by atoms with Crippen LogP contribution in [0.1, 0.15) is 104 Å². The van der Waals surface area contributed by atoms with Gasteiger partial charge in [0, 0.05) is 29.1 Å². The van der Waals surface area contributed by atoms with Crippen molar-refractivity contribution in [2.45, 2.75) is 127 Å². The molecule has 15 atom stereocenters. The Morgan fingerprint density at radius 2 is 0.855 bits per heavy atom. The summed E-state index contributed by atoms with van der Waals surface area (Å²) in [5, 5.41) is 0. The van der Waals surface area contributed by atoms with Crippen molar-refractivity contribution in [1.29, 1.82) is 0 Å². The van der Waals surface area contributed by atoms with E-state index in [1.807, 2.05) is 44.6 Å². The standard InChI is InChI=1S/C58H64O6S5/c1-6-21-65-54-39-26-8-9-27-29-11-13-31-33-15-17-35-34-16-14-32-30-12-10-28(26)41(54)43(30)56(67-23-18-36(59)62-3)45(32)47(34)58(69-25-20-38(61)64-5)48(35)46(33)57(68-24-19-37(60)63-4)44(31)42(29)55(40(27)39,66-22-7-2)50-49(54)51(56)53(58)52(50)57/h12,26-29,31-35,52H,6-11,13-25H2,1-5H3/t26?,27?,28?,29?,31?,32?,33?,34?,35?,52-,54+,55-,56+,57-,58+/m0/s1. The number of carbonyl (C=O) groups is 3. The number of esters is 3. The van der Waals surface area contributed by atoms with E-state index < -0.39 is 0 Å². The number of fused-ring (bicyclic) bond motifs is 5. The van der Waals surface area contributed by atoms with Crippen molar-refractivity contribution in [3.05, 3.63) is 89.7 Å². The second-order valence-electron chi connectivity index (χ2n) is 23.4. The van der Waals surface area contributed by atoms with Crippen molar-refractivity contribution < 1.29 is 28.6 Å². The van der Waals surface area contributed by atoms with Gasteiger partial charge < -0.3 is 14.2 Å². The molecule has 0 amide bonds. The minimum Gasteiger partial charge on any atom is -0.469 e. The van der Waals surface area contributed by atoms with E-state index in [4.69, 9.17) is 14.2 Å². The Morgan fingerprint density at radius 3 is 1.39 bits per heavy atom. The average molecular weight is 1020 g/mol. The van der Waals surface area contributed by atoms with Gasteiger partial charge in [-0.3, -0.25) is 14.4 Å². The molecule has 69 heavy (non-hydrogen) atoms. The lowest BCUT2D eigenvalue weighted by atomic mass is 9.54. The molecule has 16 aliphatic carbocycles. The number of hydrogen-bond donors (Lipinski definition) is 0. The van der Waals surface area contributed by atoms with Crippen LogP contribution in [0.3, 0.4) is 0 Å². The third-order valence-electron chi connectivity index (χ3n) is 21.7. The predicted octanol–water partition coefficient (Wildman–Crippen LogP) is 11.7. The van der Waals surface area contributed by atoms with Gasteiger partial charge in [-0.15, -0.1) is 58.8 Å². The van der Waals surface area contributed by atoms with Crippen molar-refractivity contribution in [2.24, 2.45) is 59.2 Å². The van der Waals surface area contributed by atoms with Crippen LogP contribution in [0, 0.1) is 59.2 Å². The van der Waals surface area contributed by atoms with Crippen LogP contribution in [-0.2, 0) is 28.6 Å². The second-order valence-corrected chi connectivity index (χ2v) is 30.0. The smallest absolute Gasteiger partial charge is 0.306 e. The molecule has 5 saturated carbocycles. The van der Waals surface area contributed by atoms with E-state index in [-0.39, 0.29) is 47.6 Å². The van der Waals surface area contributed by atoms with Gasteiger partial charge >= 0.3 is 17.9 Å². The lowest BCUT2D eigenvalue weighted by Gasteiger charge is -2.61. The molecule has 0 saturated heterocycles. The van der Waals surface area contributed by atoms with Crippen LogP contribution in [0.5, 0.6) is 0 Å². The highest BCUT2D eigenvalue weighted by atomic mass is 32.2. The van der Waals surface area contributed by atoms with E-state index in [1.165, 1.54) is 64.2 Å². The third-order valence-corrected chi connectivity index (χ3v) is 29.6. The first-order valence-corrected chi connectivity index (χ1v) is 32.0. The van der Waals surface area contributed by atoms with Crippen LogP contribution in [0.25, 0.3) is 0 Å². The van der Waals surface area contributed by atoms with Crippen LogP contribution >= 0.6 is 58.8 Å². The van der Waals surface area contributed by atoms with Gasteiger partial charge in [0.2, 0.25) is 0 Å². The number of hydrogen-bond acceptors (Lipinski definition) is 11. The second kappa shape index (κ2) is 14.3. The zero-order valence-corrected chi connectivity index (χ0v) is 44.9. The quantitative estimate of drug-likeness (QED) is 0.0748. The van der Waals surface area contributed by atoms with Crippen molar-refractivity contribution in [2.75, 3.05) is 50.1 Å². The largest absolute Gasteiger partial charge is 0.469 e. The molecule has 0 spiro atoms. The Morgan fingerprint density at radius 1 is 0.449 bits per heavy atom. The summed E-state index contributed by atoms with van der Waals surface area (Å²) in [5.41, 5.74) is 27.2. The maximum Gasteiger partial charge on any atom is 0.306 e. The molecule has 0 aliphatic heterocycles. The molecule has 0 radical (unpaired) electrons. The fraction of sp³-hybridized carbons (Fsp3) is 0.672. The summed E-state index contributed by atoms with van der Waals surface area (Å²) >= 11 is 11.4. The number of ether oxygens (including phenoxy) is 3. The minimum absolute atomic E-state index is 0.0910. The van der Waals surface area contributed by atoms with Gasteiger partial charge in [-0.1, -0.05) is 19.9 Å². The molecule has 9 unspecified atom stereocenters. The third kappa shape index (κ3) is 4.34. The summed E-state index contributed by atoms with van der Waals surface area (Å²) in [5.74, 6) is 9.20. The molecule has 5 fully saturated rings. The lowest BCUT2D eigenvalue weighted by Crippen LogP contribution is -2.58. The van der Waals surface area contributed by atoms with Gasteiger partial charge in [-0.05, 0) is 213 Å². The van der Waals surface area contributed by atoms with E-state index >= 15 is 0 Å². The van der Waals surface area contributed by atoms with Crippen molar-refractivity contribution >= 4 is 76.7 Å². The zero-order chi connectivity index (χ0) is 46.5. The molecule has 6 nitrogen and oxygen atoms in total. The monoisotopic (exact) mass is 1020 g/mol. The van der Waals surface area contributed by atoms with Crippen LogP contribution in [0.2, 0.25) is 0 Å². The zero-order valence-electron chi connectivity index (χ0n) is 40.8. The van der Waals surface area contributed by atoms with Gasteiger partial charge in [0.05, 0.1) is 64.3 Å². The fourth-order valence-corrected chi connectivity index (χ4v) is 29.6. The number of carbonyl (C=O) groups excluding carboxylic acids is 3. The first-order chi connectivity index (χ1) is 33.7. The van der Waals surface area contributed by atoms with Gasteiger partial charge in [0.15, 0.2) is 0 Å². The summed E-state index contributed by atoms with van der Waals surface area (Å²) in [6, 6.07) is 0. The van der Waals surface area contributed by atoms with Gasteiger partial charge in [0.25, 0.3) is 0 Å². The topological polar surface area (TPSA) is 78.9 Å². The maximum absolute atomic E-state index is 13.4. The van der Waals surface area contributed by atoms with E-state index in [1.54, 1.807) is 60.3 Å². The molecular formula is C58H64O6S5. The lowest BCUT2D eigenvalue weighted by molar-refractivity contribution is -0.141. The first kappa shape index (κ1) is 43.5. The van der Waals surface area contributed by atoms with Crippen LogP contribution < -0.4 is 0 Å². The van der Waals surface area contributed by atoms with Gasteiger partial charge in [-0.25, -0.2) is 0 Å². The highest BCUT2D eigenvalue weighted by molar-refractivity contribution is 8.03. The molecule has 16 aliphatic rings. The summed E-state index contributed by atoms with van der Waals surface area (Å²) in [7, 11) is 4.71. The molecule has 0 aromatic heterocycles. The molecule has 362 valence electrons. The van der Waals surface area contributed by atoms with Gasteiger partial charge in [0.1, 0.15) is 0 Å². The Balaban J connectivity index is 1.13.